The second-order valence-corrected chi connectivity index (χ2v) is 6.97. The Morgan fingerprint density at radius 2 is 2.12 bits per heavy atom. The molecule has 0 atom stereocenters. The van der Waals surface area contributed by atoms with E-state index >= 15 is 0 Å². The van der Waals surface area contributed by atoms with Crippen molar-refractivity contribution in [2.45, 2.75) is 59.0 Å². The maximum absolute atomic E-state index is 13.1. The van der Waals surface area contributed by atoms with Gasteiger partial charge in [0.1, 0.15) is 5.82 Å². The number of fused-ring (bicyclic) bond motifs is 1. The second kappa shape index (κ2) is 5.72. The van der Waals surface area contributed by atoms with Gasteiger partial charge in [0, 0.05) is 36.6 Å². The minimum absolute atomic E-state index is 0.136. The fourth-order valence-electron chi connectivity index (χ4n) is 3.75. The first-order valence-corrected chi connectivity index (χ1v) is 8.89. The fourth-order valence-corrected chi connectivity index (χ4v) is 3.75. The van der Waals surface area contributed by atoms with Crippen molar-refractivity contribution in [3.8, 4) is 0 Å². The molecule has 5 nitrogen and oxygen atoms in total. The molecule has 0 aromatic carbocycles. The lowest BCUT2D eigenvalue weighted by Gasteiger charge is -2.28. The zero-order valence-electron chi connectivity index (χ0n) is 14.7. The molecule has 2 aliphatic rings. The number of amides is 1. The van der Waals surface area contributed by atoms with Gasteiger partial charge in [0.25, 0.3) is 5.91 Å². The number of aromatic nitrogens is 3. The molecule has 0 bridgehead atoms. The van der Waals surface area contributed by atoms with Crippen LogP contribution in [0.4, 0.5) is 0 Å². The van der Waals surface area contributed by atoms with Crippen molar-refractivity contribution < 1.29 is 4.79 Å². The van der Waals surface area contributed by atoms with Crippen LogP contribution in [0.25, 0.3) is 0 Å². The van der Waals surface area contributed by atoms with Gasteiger partial charge < -0.3 is 9.47 Å². The van der Waals surface area contributed by atoms with Crippen LogP contribution in [-0.2, 0) is 19.4 Å². The van der Waals surface area contributed by atoms with E-state index in [0.29, 0.717) is 12.6 Å². The summed E-state index contributed by atoms with van der Waals surface area (Å²) in [5.41, 5.74) is 5.36. The highest BCUT2D eigenvalue weighted by atomic mass is 16.2. The molecule has 126 valence electrons. The van der Waals surface area contributed by atoms with E-state index in [0.717, 1.165) is 42.2 Å². The summed E-state index contributed by atoms with van der Waals surface area (Å²) in [6, 6.07) is 2.66. The van der Waals surface area contributed by atoms with Crippen LogP contribution in [0.1, 0.15) is 64.6 Å². The van der Waals surface area contributed by atoms with Gasteiger partial charge in [-0.05, 0) is 44.7 Å². The SMILES string of the molecule is CCc1ncc2c(n1)CN(C(=O)c1cc(C)n(C3CC3)c1C)CC2. The molecule has 24 heavy (non-hydrogen) atoms. The van der Waals surface area contributed by atoms with Gasteiger partial charge in [-0.2, -0.15) is 0 Å². The van der Waals surface area contributed by atoms with Crippen molar-refractivity contribution >= 4 is 5.91 Å². The molecule has 2 aromatic heterocycles. The maximum atomic E-state index is 13.1. The van der Waals surface area contributed by atoms with Gasteiger partial charge in [-0.1, -0.05) is 6.92 Å². The molecule has 1 aliphatic carbocycles. The third kappa shape index (κ3) is 2.52. The Balaban J connectivity index is 1.60. The van der Waals surface area contributed by atoms with Gasteiger partial charge in [0.2, 0.25) is 0 Å². The molecule has 0 saturated heterocycles. The zero-order valence-corrected chi connectivity index (χ0v) is 14.7. The van der Waals surface area contributed by atoms with Crippen LogP contribution >= 0.6 is 0 Å². The van der Waals surface area contributed by atoms with E-state index in [4.69, 9.17) is 0 Å². The first-order valence-electron chi connectivity index (χ1n) is 8.89. The Kier molecular flexibility index (Phi) is 3.66. The number of carbonyl (C=O) groups is 1. The van der Waals surface area contributed by atoms with Crippen LogP contribution in [0.15, 0.2) is 12.3 Å². The number of aryl methyl sites for hydroxylation is 2. The number of nitrogens with zero attached hydrogens (tertiary/aromatic N) is 4. The molecule has 1 saturated carbocycles. The molecule has 0 N–H and O–H groups in total. The van der Waals surface area contributed by atoms with Gasteiger partial charge in [-0.3, -0.25) is 4.79 Å². The Morgan fingerprint density at radius 1 is 1.33 bits per heavy atom. The van der Waals surface area contributed by atoms with E-state index in [1.165, 1.54) is 24.1 Å². The van der Waals surface area contributed by atoms with Crippen molar-refractivity contribution in [3.05, 3.63) is 46.3 Å². The van der Waals surface area contributed by atoms with Crippen LogP contribution in [0, 0.1) is 13.8 Å². The average molecular weight is 324 g/mol. The molecule has 1 aliphatic heterocycles. The number of rotatable bonds is 3. The first kappa shape index (κ1) is 15.4. The minimum atomic E-state index is 0.136. The fraction of sp³-hybridized carbons (Fsp3) is 0.526. The Hall–Kier alpha value is -2.17. The van der Waals surface area contributed by atoms with Crippen molar-refractivity contribution in [3.63, 3.8) is 0 Å². The van der Waals surface area contributed by atoms with E-state index in [1.807, 2.05) is 11.1 Å². The molecule has 0 spiro atoms. The molecule has 3 heterocycles. The number of hydrogen-bond donors (Lipinski definition) is 0. The van der Waals surface area contributed by atoms with Crippen LogP contribution in [0.3, 0.4) is 0 Å². The molecule has 0 unspecified atom stereocenters. The highest BCUT2D eigenvalue weighted by Gasteiger charge is 2.30. The Bertz CT molecular complexity index is 804. The second-order valence-electron chi connectivity index (χ2n) is 6.97. The van der Waals surface area contributed by atoms with Gasteiger partial charge in [0.15, 0.2) is 0 Å². The van der Waals surface area contributed by atoms with Gasteiger partial charge in [0.05, 0.1) is 17.8 Å². The topological polar surface area (TPSA) is 51.0 Å². The largest absolute Gasteiger partial charge is 0.345 e. The average Bonchev–Trinajstić information content (AvgIpc) is 3.38. The lowest BCUT2D eigenvalue weighted by molar-refractivity contribution is 0.0730. The normalized spacial score (nSPS) is 17.0. The summed E-state index contributed by atoms with van der Waals surface area (Å²) in [7, 11) is 0. The summed E-state index contributed by atoms with van der Waals surface area (Å²) >= 11 is 0. The monoisotopic (exact) mass is 324 g/mol. The van der Waals surface area contributed by atoms with E-state index in [2.05, 4.69) is 41.4 Å². The van der Waals surface area contributed by atoms with Crippen LogP contribution in [-0.4, -0.2) is 31.9 Å². The summed E-state index contributed by atoms with van der Waals surface area (Å²) in [6.45, 7) is 7.58. The van der Waals surface area contributed by atoms with E-state index in [9.17, 15) is 4.79 Å². The predicted molar refractivity (Wildman–Crippen MR) is 92.0 cm³/mol. The summed E-state index contributed by atoms with van der Waals surface area (Å²) in [6.07, 6.45) is 6.06. The predicted octanol–water partition coefficient (Wildman–Crippen LogP) is 2.99. The Morgan fingerprint density at radius 3 is 2.83 bits per heavy atom. The quantitative estimate of drug-likeness (QED) is 0.872. The first-order chi connectivity index (χ1) is 11.6. The summed E-state index contributed by atoms with van der Waals surface area (Å²) in [4.78, 5) is 24.0. The lowest BCUT2D eigenvalue weighted by Crippen LogP contribution is -2.37. The molecular formula is C19H24N4O. The zero-order chi connectivity index (χ0) is 16.8. The summed E-state index contributed by atoms with van der Waals surface area (Å²) < 4.78 is 2.34. The standard InChI is InChI=1S/C19H24N4O/c1-4-18-20-10-14-7-8-22(11-17(14)21-18)19(24)16-9-12(2)23(13(16)3)15-5-6-15/h9-10,15H,4-8,11H2,1-3H3. The maximum Gasteiger partial charge on any atom is 0.256 e. The number of hydrogen-bond acceptors (Lipinski definition) is 3. The molecular weight excluding hydrogens is 300 g/mol. The van der Waals surface area contributed by atoms with Gasteiger partial charge in [-0.15, -0.1) is 0 Å². The molecule has 5 heteroatoms. The summed E-state index contributed by atoms with van der Waals surface area (Å²) in [5.74, 6) is 0.993. The smallest absolute Gasteiger partial charge is 0.256 e. The Labute approximate surface area is 142 Å². The van der Waals surface area contributed by atoms with Gasteiger partial charge >= 0.3 is 0 Å². The van der Waals surface area contributed by atoms with Crippen molar-refractivity contribution in [1.82, 2.24) is 19.4 Å². The molecule has 4 rings (SSSR count). The molecule has 0 radical (unpaired) electrons. The van der Waals surface area contributed by atoms with Crippen LogP contribution < -0.4 is 0 Å². The van der Waals surface area contributed by atoms with E-state index < -0.39 is 0 Å². The van der Waals surface area contributed by atoms with Crippen LogP contribution in [0.2, 0.25) is 0 Å². The molecule has 1 amide bonds. The van der Waals surface area contributed by atoms with E-state index in [-0.39, 0.29) is 5.91 Å². The third-order valence-electron chi connectivity index (χ3n) is 5.23. The van der Waals surface area contributed by atoms with Crippen molar-refractivity contribution in [2.75, 3.05) is 6.54 Å². The van der Waals surface area contributed by atoms with Crippen molar-refractivity contribution in [1.29, 1.82) is 0 Å². The highest BCUT2D eigenvalue weighted by molar-refractivity contribution is 5.95. The minimum Gasteiger partial charge on any atom is -0.345 e. The van der Waals surface area contributed by atoms with Gasteiger partial charge in [-0.25, -0.2) is 9.97 Å². The number of carbonyl (C=O) groups excluding carboxylic acids is 1. The molecule has 1 fully saturated rings. The van der Waals surface area contributed by atoms with Crippen molar-refractivity contribution in [2.24, 2.45) is 0 Å². The third-order valence-corrected chi connectivity index (χ3v) is 5.23. The molecule has 2 aromatic rings. The van der Waals surface area contributed by atoms with E-state index in [1.54, 1.807) is 0 Å². The highest BCUT2D eigenvalue weighted by Crippen LogP contribution is 2.38. The lowest BCUT2D eigenvalue weighted by atomic mass is 10.1. The summed E-state index contributed by atoms with van der Waals surface area (Å²) in [5, 5.41) is 0. The van der Waals surface area contributed by atoms with Crippen LogP contribution in [0.5, 0.6) is 0 Å².